The molecule has 7 heteroatoms. The van der Waals surface area contributed by atoms with Crippen LogP contribution >= 0.6 is 0 Å². The number of amides is 2. The van der Waals surface area contributed by atoms with Crippen molar-refractivity contribution in [3.63, 3.8) is 0 Å². The van der Waals surface area contributed by atoms with Crippen molar-refractivity contribution in [1.29, 1.82) is 0 Å². The van der Waals surface area contributed by atoms with Gasteiger partial charge in [0.15, 0.2) is 0 Å². The molecule has 0 aromatic heterocycles. The summed E-state index contributed by atoms with van der Waals surface area (Å²) in [6.07, 6.45) is 7.82. The van der Waals surface area contributed by atoms with Gasteiger partial charge in [-0.05, 0) is 92.4 Å². The summed E-state index contributed by atoms with van der Waals surface area (Å²) >= 11 is 0. The normalized spacial score (nSPS) is 21.2. The molecule has 1 aliphatic carbocycles. The Kier molecular flexibility index (Phi) is 8.74. The van der Waals surface area contributed by atoms with Gasteiger partial charge in [-0.15, -0.1) is 0 Å². The number of carbonyl (C=O) groups excluding carboxylic acids is 2. The van der Waals surface area contributed by atoms with Gasteiger partial charge >= 0.3 is 0 Å². The molecule has 2 N–H and O–H groups in total. The minimum Gasteiger partial charge on any atom is -0.491 e. The highest BCUT2D eigenvalue weighted by molar-refractivity contribution is 5.94. The number of aryl methyl sites for hydroxylation is 1. The van der Waals surface area contributed by atoms with Crippen molar-refractivity contribution in [3.05, 3.63) is 64.7 Å². The van der Waals surface area contributed by atoms with Crippen molar-refractivity contribution >= 4 is 11.8 Å². The fraction of sp³-hybridized carbons (Fsp3) is 0.533. The number of nitrogens with one attached hydrogen (secondary N) is 2. The molecular weight excluding hydrogens is 466 g/mol. The Bertz CT molecular complexity index is 1060. The highest BCUT2D eigenvalue weighted by Crippen LogP contribution is 2.24. The zero-order valence-corrected chi connectivity index (χ0v) is 21.7. The first-order valence-corrected chi connectivity index (χ1v) is 13.9. The van der Waals surface area contributed by atoms with E-state index in [4.69, 9.17) is 9.47 Å². The quantitative estimate of drug-likeness (QED) is 0.456. The van der Waals surface area contributed by atoms with E-state index in [0.717, 1.165) is 83.5 Å². The number of nitrogens with zero attached hydrogens (tertiary/aromatic N) is 1. The third-order valence-electron chi connectivity index (χ3n) is 7.69. The lowest BCUT2D eigenvalue weighted by atomic mass is 9.87. The number of ether oxygens (including phenoxy) is 2. The van der Waals surface area contributed by atoms with E-state index in [9.17, 15) is 9.59 Å². The Morgan fingerprint density at radius 2 is 1.95 bits per heavy atom. The number of hydrogen-bond donors (Lipinski definition) is 2. The molecule has 2 atom stereocenters. The molecule has 2 aromatic carbocycles. The molecule has 37 heavy (non-hydrogen) atoms. The van der Waals surface area contributed by atoms with E-state index >= 15 is 0 Å². The van der Waals surface area contributed by atoms with Crippen LogP contribution in [0.25, 0.3) is 0 Å². The summed E-state index contributed by atoms with van der Waals surface area (Å²) in [4.78, 5) is 26.5. The van der Waals surface area contributed by atoms with Gasteiger partial charge in [-0.25, -0.2) is 0 Å². The van der Waals surface area contributed by atoms with E-state index in [1.54, 1.807) is 0 Å². The van der Waals surface area contributed by atoms with Crippen molar-refractivity contribution < 1.29 is 19.1 Å². The molecule has 2 aliphatic heterocycles. The zero-order chi connectivity index (χ0) is 25.5. The molecule has 2 heterocycles. The number of carbonyl (C=O) groups is 2. The summed E-state index contributed by atoms with van der Waals surface area (Å²) in [6, 6.07) is 14.2. The van der Waals surface area contributed by atoms with Gasteiger partial charge in [-0.3, -0.25) is 9.59 Å². The predicted molar refractivity (Wildman–Crippen MR) is 143 cm³/mol. The summed E-state index contributed by atoms with van der Waals surface area (Å²) in [5.74, 6) is 1.04. The van der Waals surface area contributed by atoms with Gasteiger partial charge in [0.1, 0.15) is 12.4 Å². The summed E-state index contributed by atoms with van der Waals surface area (Å²) in [5.41, 5.74) is 4.66. The molecule has 3 aliphatic rings. The smallest absolute Gasteiger partial charge is 0.251 e. The fourth-order valence-electron chi connectivity index (χ4n) is 5.55. The van der Waals surface area contributed by atoms with Crippen LogP contribution in [-0.4, -0.2) is 61.7 Å². The lowest BCUT2D eigenvalue weighted by molar-refractivity contribution is -0.127. The van der Waals surface area contributed by atoms with Crippen LogP contribution in [0.1, 0.15) is 65.6 Å². The average Bonchev–Trinajstić information content (AvgIpc) is 3.59. The van der Waals surface area contributed by atoms with Crippen molar-refractivity contribution in [3.8, 4) is 5.75 Å². The van der Waals surface area contributed by atoms with Gasteiger partial charge < -0.3 is 25.0 Å². The lowest BCUT2D eigenvalue weighted by Gasteiger charge is -2.26. The zero-order valence-electron chi connectivity index (χ0n) is 21.7. The lowest BCUT2D eigenvalue weighted by Crippen LogP contribution is -2.38. The molecule has 2 aromatic rings. The minimum absolute atomic E-state index is 0.0319. The Morgan fingerprint density at radius 3 is 2.73 bits per heavy atom. The van der Waals surface area contributed by atoms with Gasteiger partial charge in [0.25, 0.3) is 5.91 Å². The highest BCUT2D eigenvalue weighted by Gasteiger charge is 2.22. The molecular formula is C30H39N3O4. The molecule has 2 fully saturated rings. The predicted octanol–water partition coefficient (Wildman–Crippen LogP) is 3.63. The Morgan fingerprint density at radius 1 is 1.05 bits per heavy atom. The van der Waals surface area contributed by atoms with E-state index in [-0.39, 0.29) is 18.1 Å². The molecule has 0 radical (unpaired) electrons. The van der Waals surface area contributed by atoms with Crippen LogP contribution in [0.3, 0.4) is 0 Å². The molecule has 2 saturated heterocycles. The molecule has 198 valence electrons. The second-order valence-corrected chi connectivity index (χ2v) is 10.5. The SMILES string of the molecule is O=C(N[C@H]1CCc2cc(CNCCCN3CCCC3=O)ccc2C1)c1ccc(OC[C@@H]2CCCO2)cc1. The van der Waals surface area contributed by atoms with Crippen LogP contribution in [0.2, 0.25) is 0 Å². The van der Waals surface area contributed by atoms with Gasteiger partial charge in [0.2, 0.25) is 5.91 Å². The van der Waals surface area contributed by atoms with Crippen LogP contribution < -0.4 is 15.4 Å². The maximum atomic E-state index is 12.8. The molecule has 0 bridgehead atoms. The van der Waals surface area contributed by atoms with Crippen LogP contribution in [0.5, 0.6) is 5.75 Å². The topological polar surface area (TPSA) is 79.9 Å². The number of fused-ring (bicyclic) bond motifs is 1. The third kappa shape index (κ3) is 7.11. The van der Waals surface area contributed by atoms with Crippen molar-refractivity contribution in [2.24, 2.45) is 0 Å². The fourth-order valence-corrected chi connectivity index (χ4v) is 5.55. The summed E-state index contributed by atoms with van der Waals surface area (Å²) in [7, 11) is 0. The van der Waals surface area contributed by atoms with E-state index in [1.165, 1.54) is 16.7 Å². The first-order valence-electron chi connectivity index (χ1n) is 13.9. The van der Waals surface area contributed by atoms with Gasteiger partial charge in [-0.1, -0.05) is 18.2 Å². The molecule has 5 rings (SSSR count). The van der Waals surface area contributed by atoms with E-state index in [0.29, 0.717) is 24.5 Å². The maximum Gasteiger partial charge on any atom is 0.251 e. The number of hydrogen-bond acceptors (Lipinski definition) is 5. The molecule has 7 nitrogen and oxygen atoms in total. The average molecular weight is 506 g/mol. The highest BCUT2D eigenvalue weighted by atomic mass is 16.5. The summed E-state index contributed by atoms with van der Waals surface area (Å²) in [5, 5.41) is 6.74. The Hall–Kier alpha value is -2.90. The Balaban J connectivity index is 1.04. The molecule has 0 spiro atoms. The third-order valence-corrected chi connectivity index (χ3v) is 7.69. The van der Waals surface area contributed by atoms with E-state index < -0.39 is 0 Å². The van der Waals surface area contributed by atoms with Crippen molar-refractivity contribution in [2.75, 3.05) is 32.8 Å². The first kappa shape index (κ1) is 25.7. The number of benzene rings is 2. The molecule has 0 unspecified atom stereocenters. The first-order chi connectivity index (χ1) is 18.1. The number of likely N-dealkylation sites (tertiary alicyclic amines) is 1. The van der Waals surface area contributed by atoms with Crippen LogP contribution in [-0.2, 0) is 28.9 Å². The standard InChI is InChI=1S/C30H39N3O4/c34-29-5-1-15-33(29)16-3-14-31-20-22-6-7-25-19-26(11-8-24(25)18-22)32-30(35)23-9-12-27(13-10-23)37-21-28-4-2-17-36-28/h6-7,9-10,12-13,18,26,28,31H,1-5,8,11,14-17,19-21H2,(H,32,35)/t26-,28-/m0/s1. The van der Waals surface area contributed by atoms with Crippen LogP contribution in [0.15, 0.2) is 42.5 Å². The monoisotopic (exact) mass is 505 g/mol. The minimum atomic E-state index is -0.0319. The summed E-state index contributed by atoms with van der Waals surface area (Å²) in [6.45, 7) is 4.91. The van der Waals surface area contributed by atoms with Crippen LogP contribution in [0, 0.1) is 0 Å². The maximum absolute atomic E-state index is 12.8. The van der Waals surface area contributed by atoms with Gasteiger partial charge in [0.05, 0.1) is 6.10 Å². The summed E-state index contributed by atoms with van der Waals surface area (Å²) < 4.78 is 11.4. The molecule has 2 amide bonds. The van der Waals surface area contributed by atoms with Crippen molar-refractivity contribution in [2.45, 2.75) is 70.1 Å². The van der Waals surface area contributed by atoms with E-state index in [2.05, 4.69) is 28.8 Å². The Labute approximate surface area is 219 Å². The van der Waals surface area contributed by atoms with Crippen molar-refractivity contribution in [1.82, 2.24) is 15.5 Å². The van der Waals surface area contributed by atoms with Gasteiger partial charge in [-0.2, -0.15) is 0 Å². The second-order valence-electron chi connectivity index (χ2n) is 10.5. The largest absolute Gasteiger partial charge is 0.491 e. The number of rotatable bonds is 11. The van der Waals surface area contributed by atoms with E-state index in [1.807, 2.05) is 29.2 Å². The van der Waals surface area contributed by atoms with Crippen LogP contribution in [0.4, 0.5) is 0 Å². The molecule has 0 saturated carbocycles. The second kappa shape index (κ2) is 12.6. The van der Waals surface area contributed by atoms with Gasteiger partial charge in [0, 0.05) is 44.3 Å².